The monoisotopic (exact) mass is 128 g/mol. The molecule has 0 aliphatic rings. The van der Waals surface area contributed by atoms with Gasteiger partial charge in [0.1, 0.15) is 0 Å². The van der Waals surface area contributed by atoms with Crippen LogP contribution in [0.4, 0.5) is 0 Å². The van der Waals surface area contributed by atoms with Gasteiger partial charge in [0.25, 0.3) is 0 Å². The van der Waals surface area contributed by atoms with Crippen molar-refractivity contribution in [1.82, 2.24) is 0 Å². The molecule has 0 aromatic carbocycles. The minimum absolute atomic E-state index is 0. The first-order chi connectivity index (χ1) is 2.41. The molecule has 0 amide bonds. The minimum atomic E-state index is 0. The molecule has 0 aromatic rings. The molecule has 0 rings (SSSR count). The van der Waals surface area contributed by atoms with Crippen LogP contribution < -0.4 is 0 Å². The number of hydrogen-bond donors (Lipinski definition) is 0. The van der Waals surface area contributed by atoms with Crippen LogP contribution in [0.5, 0.6) is 0 Å². The maximum atomic E-state index is 6.28. The maximum absolute atomic E-state index is 6.28. The van der Waals surface area contributed by atoms with Gasteiger partial charge in [-0.2, -0.15) is 0 Å². The van der Waals surface area contributed by atoms with E-state index in [1.807, 2.05) is 0 Å². The molecule has 0 radical (unpaired) electrons. The Morgan fingerprint density at radius 2 is 2.33 bits per heavy atom. The van der Waals surface area contributed by atoms with Crippen LogP contribution in [-0.4, -0.2) is 0 Å². The predicted octanol–water partition coefficient (Wildman–Crippen LogP) is 1.15. The van der Waals surface area contributed by atoms with Crippen molar-refractivity contribution in [3.8, 4) is 5.92 Å². The topological polar surface area (TPSA) is 0 Å². The molecule has 0 heterocycles. The zero-order valence-electron chi connectivity index (χ0n) is 3.29. The van der Waals surface area contributed by atoms with Crippen molar-refractivity contribution >= 4 is 0 Å². The van der Waals surface area contributed by atoms with Crippen LogP contribution in [0.1, 0.15) is 6.42 Å². The largest absolute Gasteiger partial charge is 1.00 e. The Morgan fingerprint density at radius 1 is 1.83 bits per heavy atom. The average molecular weight is 129 g/mol. The second-order valence-corrected chi connectivity index (χ2v) is 0.670. The molecular formula is C5H5Cu. The molecule has 0 nitrogen and oxygen atoms in total. The first-order valence-corrected chi connectivity index (χ1v) is 1.42. The van der Waals surface area contributed by atoms with Crippen molar-refractivity contribution in [1.29, 1.82) is 0 Å². The van der Waals surface area contributed by atoms with Gasteiger partial charge in [0.05, 0.1) is 0 Å². The van der Waals surface area contributed by atoms with E-state index < -0.39 is 0 Å². The van der Waals surface area contributed by atoms with E-state index in [-0.39, 0.29) is 17.1 Å². The van der Waals surface area contributed by atoms with Gasteiger partial charge in [0, 0.05) is 0 Å². The van der Waals surface area contributed by atoms with Crippen molar-refractivity contribution in [2.45, 2.75) is 6.42 Å². The summed E-state index contributed by atoms with van der Waals surface area (Å²) in [7, 11) is 0. The Kier molecular flexibility index (Phi) is 13.7. The van der Waals surface area contributed by atoms with Gasteiger partial charge in [-0.15, -0.1) is 6.58 Å². The normalized spacial score (nSPS) is 4.50. The van der Waals surface area contributed by atoms with Crippen molar-refractivity contribution in [2.75, 3.05) is 0 Å². The second kappa shape index (κ2) is 8.84. The molecule has 0 unspecified atom stereocenters. The van der Waals surface area contributed by atoms with Gasteiger partial charge in [-0.3, -0.25) is 0 Å². The molecule has 0 bridgehead atoms. The number of hydrogen-bond acceptors (Lipinski definition) is 0. The van der Waals surface area contributed by atoms with E-state index in [9.17, 15) is 0 Å². The van der Waals surface area contributed by atoms with Gasteiger partial charge in [0.2, 0.25) is 0 Å². The second-order valence-electron chi connectivity index (χ2n) is 0.670. The van der Waals surface area contributed by atoms with Crippen molar-refractivity contribution in [2.24, 2.45) is 0 Å². The van der Waals surface area contributed by atoms with E-state index >= 15 is 0 Å². The van der Waals surface area contributed by atoms with Gasteiger partial charge in [-0.05, 0) is 6.42 Å². The minimum Gasteiger partial charge on any atom is -0.693 e. The molecule has 0 aliphatic carbocycles. The summed E-state index contributed by atoms with van der Waals surface area (Å²) in [6.45, 7) is 3.37. The SMILES string of the molecule is [C-]#CCC=C.[Cu+]. The standard InChI is InChI=1S/C5H5.Cu/c1-3-5-4-2;/h3H,1,5H2;/q-1;+1. The molecule has 36 valence electrons. The van der Waals surface area contributed by atoms with Gasteiger partial charge < -0.3 is 12.3 Å². The summed E-state index contributed by atoms with van der Waals surface area (Å²) in [5.41, 5.74) is 0. The fraction of sp³-hybridized carbons (Fsp3) is 0.200. The molecule has 0 N–H and O–H groups in total. The van der Waals surface area contributed by atoms with Crippen LogP contribution in [-0.2, 0) is 17.1 Å². The van der Waals surface area contributed by atoms with Gasteiger partial charge in [0.15, 0.2) is 0 Å². The summed E-state index contributed by atoms with van der Waals surface area (Å²) < 4.78 is 0. The van der Waals surface area contributed by atoms with Crippen LogP contribution in [0.25, 0.3) is 0 Å². The first kappa shape index (κ1) is 9.27. The Balaban J connectivity index is 0. The van der Waals surface area contributed by atoms with E-state index in [1.54, 1.807) is 6.08 Å². The van der Waals surface area contributed by atoms with Crippen molar-refractivity contribution in [3.05, 3.63) is 19.1 Å². The van der Waals surface area contributed by atoms with Gasteiger partial charge in [-0.25, -0.2) is 0 Å². The van der Waals surface area contributed by atoms with Crippen LogP contribution in [0.15, 0.2) is 12.7 Å². The summed E-state index contributed by atoms with van der Waals surface area (Å²) >= 11 is 0. The van der Waals surface area contributed by atoms with Crippen LogP contribution >= 0.6 is 0 Å². The summed E-state index contributed by atoms with van der Waals surface area (Å²) in [6.07, 6.45) is 8.48. The number of allylic oxidation sites excluding steroid dienone is 1. The first-order valence-electron chi connectivity index (χ1n) is 1.42. The molecule has 0 aromatic heterocycles. The van der Waals surface area contributed by atoms with E-state index in [0.717, 1.165) is 0 Å². The quantitative estimate of drug-likeness (QED) is 0.215. The maximum Gasteiger partial charge on any atom is 1.00 e. The molecule has 0 aliphatic heterocycles. The fourth-order valence-corrected chi connectivity index (χ4v) is 0.0722. The molecule has 0 saturated heterocycles. The number of rotatable bonds is 1. The van der Waals surface area contributed by atoms with E-state index in [1.165, 1.54) is 0 Å². The van der Waals surface area contributed by atoms with Crippen LogP contribution in [0.2, 0.25) is 0 Å². The van der Waals surface area contributed by atoms with Crippen molar-refractivity contribution < 1.29 is 17.1 Å². The summed E-state index contributed by atoms with van der Waals surface area (Å²) in [5, 5.41) is 0. The molecule has 0 atom stereocenters. The average Bonchev–Trinajstić information content (AvgIpc) is 1.41. The molecule has 6 heavy (non-hydrogen) atoms. The molecule has 1 heteroatoms. The predicted molar refractivity (Wildman–Crippen MR) is 21.9 cm³/mol. The summed E-state index contributed by atoms with van der Waals surface area (Å²) in [6, 6.07) is 0. The Bertz CT molecular complexity index is 58.8. The zero-order chi connectivity index (χ0) is 4.12. The van der Waals surface area contributed by atoms with Gasteiger partial charge >= 0.3 is 17.1 Å². The molecule has 0 fully saturated rings. The van der Waals surface area contributed by atoms with Crippen molar-refractivity contribution in [3.63, 3.8) is 0 Å². The smallest absolute Gasteiger partial charge is 0.693 e. The third-order valence-electron chi connectivity index (χ3n) is 0.246. The third kappa shape index (κ3) is 9.17. The summed E-state index contributed by atoms with van der Waals surface area (Å²) in [5.74, 6) is 2.15. The molecule has 0 saturated carbocycles. The Hall–Kier alpha value is -0.181. The zero-order valence-corrected chi connectivity index (χ0v) is 4.23. The molecule has 0 spiro atoms. The Labute approximate surface area is 49.1 Å². The van der Waals surface area contributed by atoms with E-state index in [0.29, 0.717) is 6.42 Å². The molecular weight excluding hydrogens is 124 g/mol. The van der Waals surface area contributed by atoms with Crippen LogP contribution in [0, 0.1) is 12.3 Å². The summed E-state index contributed by atoms with van der Waals surface area (Å²) in [4.78, 5) is 0. The van der Waals surface area contributed by atoms with E-state index in [4.69, 9.17) is 6.42 Å². The third-order valence-corrected chi connectivity index (χ3v) is 0.246. The Morgan fingerprint density at radius 3 is 2.33 bits per heavy atom. The van der Waals surface area contributed by atoms with Gasteiger partial charge in [-0.1, -0.05) is 6.08 Å². The van der Waals surface area contributed by atoms with E-state index in [2.05, 4.69) is 12.5 Å². The fourth-order valence-electron chi connectivity index (χ4n) is 0.0722. The van der Waals surface area contributed by atoms with Crippen LogP contribution in [0.3, 0.4) is 0 Å².